The van der Waals surface area contributed by atoms with Crippen LogP contribution in [0, 0.1) is 17.8 Å². The van der Waals surface area contributed by atoms with E-state index >= 15 is 0 Å². The van der Waals surface area contributed by atoms with Crippen molar-refractivity contribution in [1.29, 1.82) is 0 Å². The van der Waals surface area contributed by atoms with Crippen molar-refractivity contribution in [2.75, 3.05) is 13.7 Å². The van der Waals surface area contributed by atoms with Crippen molar-refractivity contribution < 1.29 is 68.3 Å². The van der Waals surface area contributed by atoms with Gasteiger partial charge in [0.1, 0.15) is 42.2 Å². The SMILES string of the molecule is CCCC1C/C=C/C=C(\COC2OC(C)C(O)C(O)C2OC)C(=O)OC(C(C)(C)O)C/C=C(C)/C=C(\C)C(OC2OC(C)(C)C(OC(=O)C(C)C)C(O)C2O)C(CC)/C=C/1C. The average Bonchev–Trinajstić information content (AvgIpc) is 3.18. The van der Waals surface area contributed by atoms with E-state index in [9.17, 15) is 35.1 Å². The van der Waals surface area contributed by atoms with E-state index in [4.69, 9.17) is 33.2 Å². The Bertz CT molecular complexity index is 1590. The first kappa shape index (κ1) is 52.6. The van der Waals surface area contributed by atoms with Crippen LogP contribution in [0.2, 0.25) is 0 Å². The third-order valence-corrected chi connectivity index (χ3v) is 11.8. The largest absolute Gasteiger partial charge is 0.456 e. The molecule has 5 N–H and O–H groups in total. The number of rotatable bonds is 12. The van der Waals surface area contributed by atoms with Crippen molar-refractivity contribution in [2.24, 2.45) is 17.8 Å². The number of carbonyl (C=O) groups excluding carboxylic acids is 2. The third kappa shape index (κ3) is 14.4. The number of methoxy groups -OCH3 is 1. The zero-order valence-electron chi connectivity index (χ0n) is 38.7. The van der Waals surface area contributed by atoms with Crippen LogP contribution < -0.4 is 0 Å². The molecule has 3 aliphatic rings. The van der Waals surface area contributed by atoms with Crippen LogP contribution in [0.15, 0.2) is 58.7 Å². The Kier molecular flexibility index (Phi) is 20.0. The number of hydrogen-bond donors (Lipinski definition) is 5. The molecule has 3 heterocycles. The molecule has 0 aromatic rings. The van der Waals surface area contributed by atoms with E-state index < -0.39 is 96.6 Å². The molecular formula is C47H76O14. The molecule has 0 spiro atoms. The van der Waals surface area contributed by atoms with E-state index in [-0.39, 0.29) is 30.4 Å². The zero-order chi connectivity index (χ0) is 46.0. The van der Waals surface area contributed by atoms with Gasteiger partial charge in [0.15, 0.2) is 18.7 Å². The number of esters is 2. The van der Waals surface area contributed by atoms with Gasteiger partial charge < -0.3 is 58.7 Å². The van der Waals surface area contributed by atoms with Crippen LogP contribution in [0.1, 0.15) is 115 Å². The summed E-state index contributed by atoms with van der Waals surface area (Å²) in [5, 5.41) is 54.9. The lowest BCUT2D eigenvalue weighted by Crippen LogP contribution is -2.64. The second-order valence-corrected chi connectivity index (χ2v) is 18.3. The van der Waals surface area contributed by atoms with Gasteiger partial charge in [-0.1, -0.05) is 75.6 Å². The highest BCUT2D eigenvalue weighted by Gasteiger charge is 2.53. The van der Waals surface area contributed by atoms with E-state index in [1.165, 1.54) is 7.11 Å². The molecule has 3 aliphatic heterocycles. The predicted molar refractivity (Wildman–Crippen MR) is 230 cm³/mol. The van der Waals surface area contributed by atoms with E-state index in [1.54, 1.807) is 60.6 Å². The molecule has 13 unspecified atom stereocenters. The summed E-state index contributed by atoms with van der Waals surface area (Å²) in [5.41, 5.74) is 0.224. The van der Waals surface area contributed by atoms with Gasteiger partial charge in [-0.05, 0) is 92.2 Å². The highest BCUT2D eigenvalue weighted by molar-refractivity contribution is 5.89. The number of aliphatic hydroxyl groups is 5. The van der Waals surface area contributed by atoms with Crippen molar-refractivity contribution in [3.8, 4) is 0 Å². The Morgan fingerprint density at radius 1 is 0.984 bits per heavy atom. The van der Waals surface area contributed by atoms with Crippen LogP contribution in [0.3, 0.4) is 0 Å². The fourth-order valence-electron chi connectivity index (χ4n) is 7.87. The Labute approximate surface area is 363 Å². The maximum atomic E-state index is 13.9. The minimum atomic E-state index is -1.53. The maximum absolute atomic E-state index is 13.9. The van der Waals surface area contributed by atoms with Gasteiger partial charge in [-0.15, -0.1) is 0 Å². The van der Waals surface area contributed by atoms with Gasteiger partial charge in [0.25, 0.3) is 0 Å². The molecule has 2 saturated heterocycles. The summed E-state index contributed by atoms with van der Waals surface area (Å²) in [6.45, 7) is 21.3. The number of hydrogen-bond acceptors (Lipinski definition) is 14. The quantitative estimate of drug-likeness (QED) is 0.121. The van der Waals surface area contributed by atoms with Crippen LogP contribution in [-0.4, -0.2) is 130 Å². The predicted octanol–water partition coefficient (Wildman–Crippen LogP) is 5.53. The van der Waals surface area contributed by atoms with Gasteiger partial charge in [-0.2, -0.15) is 0 Å². The smallest absolute Gasteiger partial charge is 0.336 e. The molecule has 14 heteroatoms. The summed E-state index contributed by atoms with van der Waals surface area (Å²) in [7, 11) is 1.37. The topological polar surface area (TPSA) is 200 Å². The zero-order valence-corrected chi connectivity index (χ0v) is 38.7. The lowest BCUT2D eigenvalue weighted by atomic mass is 9.85. The monoisotopic (exact) mass is 865 g/mol. The number of cyclic esters (lactones) is 1. The molecule has 3 rings (SSSR count). The van der Waals surface area contributed by atoms with Crippen LogP contribution >= 0.6 is 0 Å². The van der Waals surface area contributed by atoms with Crippen molar-refractivity contribution >= 4 is 11.9 Å². The molecule has 14 nitrogen and oxygen atoms in total. The summed E-state index contributed by atoms with van der Waals surface area (Å²) >= 11 is 0. The van der Waals surface area contributed by atoms with Crippen molar-refractivity contribution in [3.63, 3.8) is 0 Å². The fourth-order valence-corrected chi connectivity index (χ4v) is 7.87. The highest BCUT2D eigenvalue weighted by atomic mass is 16.7. The molecule has 0 aromatic carbocycles. The normalized spacial score (nSPS) is 38.9. The van der Waals surface area contributed by atoms with Crippen LogP contribution in [0.25, 0.3) is 0 Å². The summed E-state index contributed by atoms with van der Waals surface area (Å²) in [6.07, 6.45) is 2.31. The minimum absolute atomic E-state index is 0.126. The molecule has 0 saturated carbocycles. The molecule has 0 bridgehead atoms. The Morgan fingerprint density at radius 3 is 2.25 bits per heavy atom. The molecule has 0 aliphatic carbocycles. The molecular weight excluding hydrogens is 789 g/mol. The van der Waals surface area contributed by atoms with Crippen molar-refractivity contribution in [1.82, 2.24) is 0 Å². The Hall–Kier alpha value is -2.76. The van der Waals surface area contributed by atoms with Crippen molar-refractivity contribution in [3.05, 3.63) is 58.7 Å². The van der Waals surface area contributed by atoms with Gasteiger partial charge in [-0.3, -0.25) is 4.79 Å². The van der Waals surface area contributed by atoms with Crippen LogP contribution in [-0.2, 0) is 42.7 Å². The summed E-state index contributed by atoms with van der Waals surface area (Å²) in [4.78, 5) is 26.5. The molecule has 0 amide bonds. The second kappa shape index (κ2) is 23.3. The first-order valence-corrected chi connectivity index (χ1v) is 21.8. The van der Waals surface area contributed by atoms with E-state index in [0.29, 0.717) is 12.8 Å². The van der Waals surface area contributed by atoms with E-state index in [0.717, 1.165) is 29.6 Å². The minimum Gasteiger partial charge on any atom is -0.456 e. The maximum Gasteiger partial charge on any atom is 0.336 e. The average molecular weight is 865 g/mol. The van der Waals surface area contributed by atoms with Gasteiger partial charge in [0, 0.05) is 19.4 Å². The first-order chi connectivity index (χ1) is 28.5. The molecule has 348 valence electrons. The summed E-state index contributed by atoms with van der Waals surface area (Å²) < 4.78 is 41.8. The standard InChI is InChI=1S/C47H76O14/c1-14-18-32-19-16-17-20-33(25-56-45-40(55-13)36(49)35(48)30(8)57-45)43(53)58-34(46(9,10)54)22-21-27(5)23-29(7)39(31(15-2)24-28(32)6)59-44-38(51)37(50)41(47(11,12)61-44)60-42(52)26(3)4/h16-17,20-21,23-24,26,30-32,34-41,44-45,48-51,54H,14-15,18-19,22,25H2,1-13H3/b17-16+,27-21+,28-24+,29-23+,33-20+. The van der Waals surface area contributed by atoms with Crippen molar-refractivity contribution in [2.45, 2.75) is 194 Å². The van der Waals surface area contributed by atoms with Gasteiger partial charge in [-0.25, -0.2) is 4.79 Å². The number of allylic oxidation sites excluding steroid dienone is 6. The lowest BCUT2D eigenvalue weighted by Gasteiger charge is -2.47. The Balaban J connectivity index is 2.07. The Morgan fingerprint density at radius 2 is 1.66 bits per heavy atom. The van der Waals surface area contributed by atoms with Gasteiger partial charge in [0.05, 0.1) is 35.9 Å². The molecule has 2 fully saturated rings. The second-order valence-electron chi connectivity index (χ2n) is 18.3. The summed E-state index contributed by atoms with van der Waals surface area (Å²) in [5.74, 6) is -1.74. The van der Waals surface area contributed by atoms with Gasteiger partial charge >= 0.3 is 11.9 Å². The third-order valence-electron chi connectivity index (χ3n) is 11.8. The molecule has 61 heavy (non-hydrogen) atoms. The molecule has 13 atom stereocenters. The number of carbonyl (C=O) groups is 2. The van der Waals surface area contributed by atoms with Crippen LogP contribution in [0.5, 0.6) is 0 Å². The first-order valence-electron chi connectivity index (χ1n) is 21.8. The highest BCUT2D eigenvalue weighted by Crippen LogP contribution is 2.37. The summed E-state index contributed by atoms with van der Waals surface area (Å²) in [6, 6.07) is 0. The van der Waals surface area contributed by atoms with E-state index in [1.807, 2.05) is 32.1 Å². The number of ether oxygens (including phenoxy) is 7. The van der Waals surface area contributed by atoms with E-state index in [2.05, 4.69) is 26.8 Å². The van der Waals surface area contributed by atoms with Crippen LogP contribution in [0.4, 0.5) is 0 Å². The fraction of sp³-hybridized carbons (Fsp3) is 0.745. The molecule has 0 aromatic heterocycles. The molecule has 0 radical (unpaired) electrons. The number of aliphatic hydroxyl groups excluding tert-OH is 4. The van der Waals surface area contributed by atoms with Gasteiger partial charge in [0.2, 0.25) is 0 Å². The lowest BCUT2D eigenvalue weighted by molar-refractivity contribution is -0.333.